The van der Waals surface area contributed by atoms with Crippen LogP contribution < -0.4 is 9.47 Å². The molecule has 0 saturated heterocycles. The first-order chi connectivity index (χ1) is 30.3. The normalized spacial score (nSPS) is 9.71. The third-order valence-electron chi connectivity index (χ3n) is 9.35. The Hall–Kier alpha value is -9.23. The molecule has 0 saturated carbocycles. The molecule has 7 aromatic carbocycles. The molecule has 7 aromatic rings. The average Bonchev–Trinajstić information content (AvgIpc) is 3.32. The van der Waals surface area contributed by atoms with Crippen molar-refractivity contribution in [1.29, 1.82) is 0 Å². The number of benzene rings is 7. The van der Waals surface area contributed by atoms with E-state index in [1.54, 1.807) is 0 Å². The van der Waals surface area contributed by atoms with E-state index in [2.05, 4.69) is 59.2 Å². The number of phenolic OH excluding ortho intramolecular Hbond substituents is 1. The summed E-state index contributed by atoms with van der Waals surface area (Å²) >= 11 is 0. The van der Waals surface area contributed by atoms with E-state index in [1.807, 2.05) is 146 Å². The van der Waals surface area contributed by atoms with Crippen molar-refractivity contribution < 1.29 is 24.5 Å². The first-order valence-electron chi connectivity index (χ1n) is 19.3. The maximum absolute atomic E-state index is 12.2. The molecule has 0 fully saturated rings. The van der Waals surface area contributed by atoms with Gasteiger partial charge in [0.25, 0.3) is 0 Å². The van der Waals surface area contributed by atoms with E-state index in [0.717, 1.165) is 44.5 Å². The Morgan fingerprint density at radius 2 is 0.726 bits per heavy atom. The Morgan fingerprint density at radius 1 is 0.435 bits per heavy atom. The third-order valence-corrected chi connectivity index (χ3v) is 9.35. The van der Waals surface area contributed by atoms with Gasteiger partial charge in [0.2, 0.25) is 0 Å². The molecule has 0 heterocycles. The molecule has 0 spiro atoms. The Balaban J connectivity index is 0.968. The van der Waals surface area contributed by atoms with Crippen molar-refractivity contribution in [1.82, 2.24) is 0 Å². The van der Waals surface area contributed by atoms with Crippen molar-refractivity contribution in [2.24, 2.45) is 0 Å². The number of carboxylic acids is 1. The lowest BCUT2D eigenvalue weighted by atomic mass is 9.93. The van der Waals surface area contributed by atoms with Crippen LogP contribution in [0.2, 0.25) is 0 Å². The van der Waals surface area contributed by atoms with Crippen LogP contribution in [0.4, 0.5) is 0 Å². The van der Waals surface area contributed by atoms with E-state index < -0.39 is 5.97 Å². The first-order valence-corrected chi connectivity index (χ1v) is 19.3. The summed E-state index contributed by atoms with van der Waals surface area (Å²) in [7, 11) is 0. The van der Waals surface area contributed by atoms with Crippen molar-refractivity contribution in [3.63, 3.8) is 0 Å². The highest BCUT2D eigenvalue weighted by atomic mass is 16.5. The molecule has 0 unspecified atom stereocenters. The number of terminal acetylenes is 2. The van der Waals surface area contributed by atoms with Crippen LogP contribution in [-0.2, 0) is 0 Å². The number of phenols is 1. The minimum atomic E-state index is -1.11. The third kappa shape index (κ3) is 11.0. The van der Waals surface area contributed by atoms with E-state index in [-0.39, 0.29) is 24.5 Å². The van der Waals surface area contributed by atoms with Crippen LogP contribution in [0.25, 0.3) is 22.3 Å². The van der Waals surface area contributed by atoms with Gasteiger partial charge in [-0.05, 0) is 145 Å². The molecule has 0 radical (unpaired) electrons. The number of ether oxygens (including phenoxy) is 2. The van der Waals surface area contributed by atoms with Crippen LogP contribution in [0.15, 0.2) is 158 Å². The quantitative estimate of drug-likeness (QED) is 0.157. The zero-order chi connectivity index (χ0) is 43.1. The van der Waals surface area contributed by atoms with Gasteiger partial charge in [-0.3, -0.25) is 0 Å². The van der Waals surface area contributed by atoms with Crippen LogP contribution in [0.3, 0.4) is 0 Å². The Morgan fingerprint density at radius 3 is 1.05 bits per heavy atom. The largest absolute Gasteiger partial charge is 0.507 e. The number of hydrogen-bond donors (Lipinski definition) is 2. The predicted molar refractivity (Wildman–Crippen MR) is 244 cm³/mol. The fraction of sp³-hybridized carbons (Fsp3) is 0.0351. The molecule has 62 heavy (non-hydrogen) atoms. The van der Waals surface area contributed by atoms with Gasteiger partial charge in [-0.15, -0.1) is 12.8 Å². The highest BCUT2D eigenvalue weighted by Crippen LogP contribution is 2.39. The molecule has 5 heteroatoms. The van der Waals surface area contributed by atoms with Gasteiger partial charge in [0, 0.05) is 55.6 Å². The number of carbonyl (C=O) groups is 1. The van der Waals surface area contributed by atoms with Crippen molar-refractivity contribution in [2.75, 3.05) is 13.2 Å². The highest BCUT2D eigenvalue weighted by molar-refractivity contribution is 5.95. The summed E-state index contributed by atoms with van der Waals surface area (Å²) in [5, 5.41) is 21.4. The molecule has 0 aliphatic heterocycles. The Kier molecular flexibility index (Phi) is 13.2. The number of rotatable bonds is 7. The second kappa shape index (κ2) is 20.0. The maximum Gasteiger partial charge on any atom is 0.335 e. The van der Waals surface area contributed by atoms with Crippen LogP contribution in [0.1, 0.15) is 54.9 Å². The number of aromatic hydroxyl groups is 1. The molecular formula is C57H34O5. The molecular weight excluding hydrogens is 765 g/mol. The lowest BCUT2D eigenvalue weighted by Crippen LogP contribution is -1.98. The van der Waals surface area contributed by atoms with E-state index in [0.29, 0.717) is 33.8 Å². The zero-order valence-electron chi connectivity index (χ0n) is 33.2. The molecule has 5 nitrogen and oxygen atoms in total. The summed E-state index contributed by atoms with van der Waals surface area (Å²) in [4.78, 5) is 12.2. The SMILES string of the molecule is C#Cc1ccc(C#CCOc2ccc(C#Cc3ccc(-c4cc(C(=O)O)cc(-c5ccc(C#Cc6ccc(OCC#Cc7ccc(C#C)cc7)cc6)cc5)c4O)cc3)cc2)cc1. The van der Waals surface area contributed by atoms with Gasteiger partial charge in [0.1, 0.15) is 30.5 Å². The summed E-state index contributed by atoms with van der Waals surface area (Å²) in [6.07, 6.45) is 10.8. The van der Waals surface area contributed by atoms with Crippen LogP contribution in [0.5, 0.6) is 17.2 Å². The lowest BCUT2D eigenvalue weighted by Gasteiger charge is -2.13. The predicted octanol–water partition coefficient (Wildman–Crippen LogP) is 10.0. The summed E-state index contributed by atoms with van der Waals surface area (Å²) in [6.45, 7) is 0.474. The van der Waals surface area contributed by atoms with Gasteiger partial charge in [-0.25, -0.2) is 4.79 Å². The molecule has 2 N–H and O–H groups in total. The number of hydrogen-bond acceptors (Lipinski definition) is 4. The fourth-order valence-electron chi connectivity index (χ4n) is 6.04. The van der Waals surface area contributed by atoms with Gasteiger partial charge in [-0.2, -0.15) is 0 Å². The number of aromatic carboxylic acids is 1. The van der Waals surface area contributed by atoms with E-state index in [1.165, 1.54) is 12.1 Å². The van der Waals surface area contributed by atoms with Crippen LogP contribution in [0, 0.1) is 72.1 Å². The van der Waals surface area contributed by atoms with Gasteiger partial charge in [0.05, 0.1) is 5.56 Å². The molecule has 0 aromatic heterocycles. The van der Waals surface area contributed by atoms with Crippen LogP contribution >= 0.6 is 0 Å². The van der Waals surface area contributed by atoms with E-state index >= 15 is 0 Å². The minimum Gasteiger partial charge on any atom is -0.507 e. The smallest absolute Gasteiger partial charge is 0.335 e. The highest BCUT2D eigenvalue weighted by Gasteiger charge is 2.17. The molecule has 292 valence electrons. The van der Waals surface area contributed by atoms with Gasteiger partial charge >= 0.3 is 5.97 Å². The van der Waals surface area contributed by atoms with Crippen molar-refractivity contribution >= 4 is 5.97 Å². The molecule has 0 aliphatic rings. The Labute approximate surface area is 361 Å². The van der Waals surface area contributed by atoms with Crippen molar-refractivity contribution in [2.45, 2.75) is 0 Å². The first kappa shape index (κ1) is 40.9. The van der Waals surface area contributed by atoms with Crippen LogP contribution in [-0.4, -0.2) is 29.4 Å². The van der Waals surface area contributed by atoms with Gasteiger partial charge in [0.15, 0.2) is 0 Å². The van der Waals surface area contributed by atoms with E-state index in [9.17, 15) is 15.0 Å². The number of carboxylic acid groups (broad SMARTS) is 1. The Bertz CT molecular complexity index is 2870. The summed E-state index contributed by atoms with van der Waals surface area (Å²) in [5.41, 5.74) is 8.56. The average molecular weight is 799 g/mol. The topological polar surface area (TPSA) is 76.0 Å². The van der Waals surface area contributed by atoms with Gasteiger partial charge < -0.3 is 19.7 Å². The zero-order valence-corrected chi connectivity index (χ0v) is 33.2. The molecule has 0 amide bonds. The molecule has 0 aliphatic carbocycles. The lowest BCUT2D eigenvalue weighted by molar-refractivity contribution is 0.0697. The molecule has 0 atom stereocenters. The standard InChI is InChI=1S/C57H34O5/c1-3-41-9-13-43(14-10-41)7-5-37-61-52-33-25-47(26-34-52)19-17-45-21-29-49(30-22-45)54-39-51(57(59)60)40-55(56(54)58)50-31-23-46(24-32-50)18-20-48-27-35-53(36-28-48)62-38-6-8-44-15-11-42(4-2)12-16-44/h1-2,9-16,21-36,39-40,58H,37-38H2,(H,59,60). The summed E-state index contributed by atoms with van der Waals surface area (Å²) in [6, 6.07) is 47.3. The second-order valence-corrected chi connectivity index (χ2v) is 13.6. The monoisotopic (exact) mass is 798 g/mol. The fourth-order valence-corrected chi connectivity index (χ4v) is 6.04. The summed E-state index contributed by atoms with van der Waals surface area (Å²) < 4.78 is 11.5. The van der Waals surface area contributed by atoms with Crippen molar-refractivity contribution in [3.05, 3.63) is 208 Å². The molecule has 0 bridgehead atoms. The van der Waals surface area contributed by atoms with E-state index in [4.69, 9.17) is 22.3 Å². The second-order valence-electron chi connectivity index (χ2n) is 13.6. The maximum atomic E-state index is 12.2. The minimum absolute atomic E-state index is 0.0355. The summed E-state index contributed by atoms with van der Waals surface area (Å²) in [5.74, 6) is 30.1. The van der Waals surface area contributed by atoms with Crippen molar-refractivity contribution in [3.8, 4) is 112 Å². The molecule has 7 rings (SSSR count). The van der Waals surface area contributed by atoms with Gasteiger partial charge in [-0.1, -0.05) is 83.5 Å².